The molecule has 0 bridgehead atoms. The summed E-state index contributed by atoms with van der Waals surface area (Å²) in [4.78, 5) is 13.9. The zero-order valence-corrected chi connectivity index (χ0v) is 13.3. The van der Waals surface area contributed by atoms with Crippen LogP contribution in [-0.4, -0.2) is 40.3 Å². The van der Waals surface area contributed by atoms with E-state index in [4.69, 9.17) is 9.47 Å². The van der Waals surface area contributed by atoms with E-state index in [9.17, 15) is 4.79 Å². The summed E-state index contributed by atoms with van der Waals surface area (Å²) in [6.07, 6.45) is 3.59. The van der Waals surface area contributed by atoms with Crippen molar-refractivity contribution in [2.75, 3.05) is 11.9 Å². The Labute approximate surface area is 117 Å². The van der Waals surface area contributed by atoms with E-state index >= 15 is 0 Å². The van der Waals surface area contributed by atoms with Gasteiger partial charge in [-0.05, 0) is 34.6 Å². The number of allylic oxidation sites excluding steroid dienone is 1. The van der Waals surface area contributed by atoms with Crippen LogP contribution in [0.5, 0.6) is 0 Å². The van der Waals surface area contributed by atoms with Crippen molar-refractivity contribution < 1.29 is 14.3 Å². The highest BCUT2D eigenvalue weighted by atomic mass is 79.9. The van der Waals surface area contributed by atoms with Crippen LogP contribution in [0.15, 0.2) is 12.2 Å². The number of alkyl halides is 1. The summed E-state index contributed by atoms with van der Waals surface area (Å²) in [5, 5.41) is 0.756. The molecule has 5 heteroatoms. The molecule has 1 amide bonds. The Morgan fingerprint density at radius 3 is 2.67 bits per heavy atom. The maximum atomic E-state index is 12.2. The topological polar surface area (TPSA) is 38.8 Å². The van der Waals surface area contributed by atoms with Crippen molar-refractivity contribution in [2.24, 2.45) is 0 Å². The molecular formula is C13H22BrNO3. The second-order valence-corrected chi connectivity index (χ2v) is 6.41. The van der Waals surface area contributed by atoms with Gasteiger partial charge in [-0.15, -0.1) is 0 Å². The molecule has 1 atom stereocenters. The van der Waals surface area contributed by atoms with Gasteiger partial charge in [-0.2, -0.15) is 0 Å². The number of hydrogen-bond acceptors (Lipinski definition) is 3. The average Bonchev–Trinajstić information content (AvgIpc) is 2.48. The molecule has 4 nitrogen and oxygen atoms in total. The zero-order valence-electron chi connectivity index (χ0n) is 11.7. The Bertz CT molecular complexity index is 334. The van der Waals surface area contributed by atoms with Crippen LogP contribution < -0.4 is 0 Å². The molecule has 0 aromatic carbocycles. The Morgan fingerprint density at radius 1 is 1.56 bits per heavy atom. The lowest BCUT2D eigenvalue weighted by Gasteiger charge is -2.34. The molecule has 0 radical (unpaired) electrons. The molecule has 1 saturated heterocycles. The molecule has 0 aliphatic carbocycles. The van der Waals surface area contributed by atoms with Crippen LogP contribution in [0.4, 0.5) is 4.79 Å². The minimum Gasteiger partial charge on any atom is -0.444 e. The van der Waals surface area contributed by atoms with Gasteiger partial charge in [0.15, 0.2) is 0 Å². The normalized spacial score (nSPS) is 23.7. The largest absolute Gasteiger partial charge is 0.444 e. The van der Waals surface area contributed by atoms with Gasteiger partial charge >= 0.3 is 6.09 Å². The van der Waals surface area contributed by atoms with Gasteiger partial charge in [0.1, 0.15) is 11.3 Å². The fourth-order valence-electron chi connectivity index (χ4n) is 1.85. The predicted octanol–water partition coefficient (Wildman–Crippen LogP) is 3.31. The summed E-state index contributed by atoms with van der Waals surface area (Å²) in [6.45, 7) is 9.82. The smallest absolute Gasteiger partial charge is 0.413 e. The highest BCUT2D eigenvalue weighted by Crippen LogP contribution is 2.29. The van der Waals surface area contributed by atoms with E-state index in [0.717, 1.165) is 5.33 Å². The molecule has 0 aromatic heterocycles. The van der Waals surface area contributed by atoms with Crippen LogP contribution in [0.25, 0.3) is 0 Å². The fourth-order valence-corrected chi connectivity index (χ4v) is 2.07. The second kappa shape index (κ2) is 5.61. The van der Waals surface area contributed by atoms with Gasteiger partial charge in [-0.3, -0.25) is 4.90 Å². The predicted molar refractivity (Wildman–Crippen MR) is 74.8 cm³/mol. The van der Waals surface area contributed by atoms with Crippen molar-refractivity contribution in [1.29, 1.82) is 0 Å². The lowest BCUT2D eigenvalue weighted by atomic mass is 10.2. The van der Waals surface area contributed by atoms with Crippen molar-refractivity contribution in [3.05, 3.63) is 12.2 Å². The molecule has 1 rings (SSSR count). The van der Waals surface area contributed by atoms with E-state index in [1.165, 1.54) is 0 Å². The van der Waals surface area contributed by atoms with E-state index < -0.39 is 11.3 Å². The highest BCUT2D eigenvalue weighted by Gasteiger charge is 2.44. The summed E-state index contributed by atoms with van der Waals surface area (Å²) >= 11 is 3.33. The molecule has 18 heavy (non-hydrogen) atoms. The first-order valence-electron chi connectivity index (χ1n) is 6.06. The van der Waals surface area contributed by atoms with Gasteiger partial charge in [0.05, 0.1) is 12.6 Å². The van der Waals surface area contributed by atoms with E-state index in [1.54, 1.807) is 4.90 Å². The summed E-state index contributed by atoms with van der Waals surface area (Å²) in [7, 11) is 0. The SMILES string of the molecule is CC(C)(C)OC(=O)N1C(/C=C/CBr)COC1(C)C. The van der Waals surface area contributed by atoms with Gasteiger partial charge < -0.3 is 9.47 Å². The molecule has 0 aromatic rings. The minimum absolute atomic E-state index is 0.0765. The van der Waals surface area contributed by atoms with E-state index in [2.05, 4.69) is 15.9 Å². The minimum atomic E-state index is -0.635. The Balaban J connectivity index is 2.85. The molecule has 104 valence electrons. The fraction of sp³-hybridized carbons (Fsp3) is 0.769. The first-order valence-corrected chi connectivity index (χ1v) is 7.18. The number of carbonyl (C=O) groups excluding carboxylic acids is 1. The van der Waals surface area contributed by atoms with Crippen molar-refractivity contribution in [1.82, 2.24) is 4.90 Å². The molecule has 1 aliphatic rings. The average molecular weight is 320 g/mol. The monoisotopic (exact) mass is 319 g/mol. The van der Waals surface area contributed by atoms with Gasteiger partial charge in [-0.25, -0.2) is 4.79 Å². The summed E-state index contributed by atoms with van der Waals surface area (Å²) in [5.41, 5.74) is -1.14. The molecule has 1 fully saturated rings. The van der Waals surface area contributed by atoms with Crippen molar-refractivity contribution in [3.63, 3.8) is 0 Å². The third-order valence-corrected chi connectivity index (χ3v) is 2.93. The van der Waals surface area contributed by atoms with E-state index in [0.29, 0.717) is 6.61 Å². The number of nitrogens with zero attached hydrogens (tertiary/aromatic N) is 1. The van der Waals surface area contributed by atoms with Crippen LogP contribution in [0.2, 0.25) is 0 Å². The number of amides is 1. The van der Waals surface area contributed by atoms with Crippen LogP contribution in [0.1, 0.15) is 34.6 Å². The number of hydrogen-bond donors (Lipinski definition) is 0. The third kappa shape index (κ3) is 3.99. The van der Waals surface area contributed by atoms with Crippen LogP contribution in [0.3, 0.4) is 0 Å². The maximum absolute atomic E-state index is 12.2. The summed E-state index contributed by atoms with van der Waals surface area (Å²) < 4.78 is 11.1. The molecule has 1 heterocycles. The lowest BCUT2D eigenvalue weighted by molar-refractivity contribution is -0.0610. The molecule has 1 aliphatic heterocycles. The summed E-state index contributed by atoms with van der Waals surface area (Å²) in [6, 6.07) is -0.0765. The Hall–Kier alpha value is -0.550. The van der Waals surface area contributed by atoms with E-state index in [-0.39, 0.29) is 12.1 Å². The quantitative estimate of drug-likeness (QED) is 0.579. The Kier molecular flexibility index (Phi) is 4.84. The van der Waals surface area contributed by atoms with Crippen molar-refractivity contribution in [2.45, 2.75) is 52.0 Å². The second-order valence-electron chi connectivity index (χ2n) is 5.76. The van der Waals surface area contributed by atoms with Gasteiger partial charge in [0, 0.05) is 5.33 Å². The van der Waals surface area contributed by atoms with Gasteiger partial charge in [-0.1, -0.05) is 28.1 Å². The zero-order chi connectivity index (χ0) is 14.0. The van der Waals surface area contributed by atoms with Crippen LogP contribution >= 0.6 is 15.9 Å². The summed E-state index contributed by atoms with van der Waals surface area (Å²) in [5.74, 6) is 0. The first-order chi connectivity index (χ1) is 8.17. The molecule has 0 spiro atoms. The number of ether oxygens (including phenoxy) is 2. The van der Waals surface area contributed by atoms with Crippen LogP contribution in [0, 0.1) is 0 Å². The van der Waals surface area contributed by atoms with Crippen molar-refractivity contribution in [3.8, 4) is 0 Å². The highest BCUT2D eigenvalue weighted by molar-refractivity contribution is 9.09. The van der Waals surface area contributed by atoms with Crippen LogP contribution in [-0.2, 0) is 9.47 Å². The number of rotatable bonds is 2. The number of carbonyl (C=O) groups is 1. The first kappa shape index (κ1) is 15.5. The Morgan fingerprint density at radius 2 is 2.17 bits per heavy atom. The van der Waals surface area contributed by atoms with E-state index in [1.807, 2.05) is 46.8 Å². The molecule has 1 unspecified atom stereocenters. The lowest BCUT2D eigenvalue weighted by Crippen LogP contribution is -2.49. The standard InChI is InChI=1S/C13H22BrNO3/c1-12(2,3)18-11(16)15-10(7-6-8-14)9-17-13(15,4)5/h6-7,10H,8-9H2,1-5H3/b7-6+. The maximum Gasteiger partial charge on any atom is 0.413 e. The molecule has 0 saturated carbocycles. The van der Waals surface area contributed by atoms with Crippen molar-refractivity contribution >= 4 is 22.0 Å². The molecule has 0 N–H and O–H groups in total. The van der Waals surface area contributed by atoms with Gasteiger partial charge in [0.2, 0.25) is 0 Å². The van der Waals surface area contributed by atoms with Gasteiger partial charge in [0.25, 0.3) is 0 Å². The number of halogens is 1. The molecular weight excluding hydrogens is 298 g/mol. The third-order valence-electron chi connectivity index (χ3n) is 2.56.